The fourth-order valence-corrected chi connectivity index (χ4v) is 12.6. The maximum absolute atomic E-state index is 13.0. The molecule has 91 heavy (non-hydrogen) atoms. The molecule has 0 fully saturated rings. The number of hydrogen-bond acceptors (Lipinski definition) is 15. The Morgan fingerprint density at radius 1 is 0.264 bits per heavy atom. The molecule has 2 unspecified atom stereocenters. The van der Waals surface area contributed by atoms with Gasteiger partial charge in [-0.25, -0.2) is 9.13 Å². The summed E-state index contributed by atoms with van der Waals surface area (Å²) in [5.41, 5.74) is 0. The predicted octanol–water partition coefficient (Wildman–Crippen LogP) is 21.1. The van der Waals surface area contributed by atoms with E-state index in [1.165, 1.54) is 199 Å². The molecule has 0 aromatic rings. The first-order valence-electron chi connectivity index (χ1n) is 37.8. The SMILES string of the molecule is CCCCCCCCCCCCCCCCCCCCCCCCC(=O)O[C@H](COC(=O)CCCCCCCCCCCCC)COP(=O)(O)OC[C@@H](O)COP(=O)(O)OC[C@@H](COC(=O)CCCCCCCCC)OC(=O)CCCCCCCCCCCCC. The Hall–Kier alpha value is -1.94. The highest BCUT2D eigenvalue weighted by atomic mass is 31.2. The smallest absolute Gasteiger partial charge is 0.462 e. The van der Waals surface area contributed by atoms with Crippen molar-refractivity contribution in [3.8, 4) is 0 Å². The molecule has 0 heterocycles. The van der Waals surface area contributed by atoms with E-state index in [4.69, 9.17) is 37.0 Å². The highest BCUT2D eigenvalue weighted by Crippen LogP contribution is 2.45. The number of esters is 4. The predicted molar refractivity (Wildman–Crippen MR) is 368 cm³/mol. The first-order chi connectivity index (χ1) is 44.2. The van der Waals surface area contributed by atoms with E-state index in [0.717, 1.165) is 103 Å². The van der Waals surface area contributed by atoms with Gasteiger partial charge in [0.15, 0.2) is 12.2 Å². The molecule has 0 radical (unpaired) electrons. The van der Waals surface area contributed by atoms with Gasteiger partial charge in [0.25, 0.3) is 0 Å². The van der Waals surface area contributed by atoms with E-state index in [2.05, 4.69) is 27.7 Å². The minimum atomic E-state index is -4.95. The van der Waals surface area contributed by atoms with Crippen molar-refractivity contribution >= 4 is 39.5 Å². The van der Waals surface area contributed by atoms with Crippen LogP contribution in [-0.2, 0) is 65.4 Å². The topological polar surface area (TPSA) is 237 Å². The summed E-state index contributed by atoms with van der Waals surface area (Å²) >= 11 is 0. The van der Waals surface area contributed by atoms with E-state index >= 15 is 0 Å². The Bertz CT molecular complexity index is 1740. The largest absolute Gasteiger partial charge is 0.472 e. The highest BCUT2D eigenvalue weighted by Gasteiger charge is 2.30. The van der Waals surface area contributed by atoms with Gasteiger partial charge in [-0.05, 0) is 25.7 Å². The van der Waals surface area contributed by atoms with E-state index in [1.807, 2.05) is 0 Å². The maximum atomic E-state index is 13.0. The van der Waals surface area contributed by atoms with Crippen LogP contribution in [0.3, 0.4) is 0 Å². The van der Waals surface area contributed by atoms with E-state index in [-0.39, 0.29) is 25.7 Å². The zero-order valence-electron chi connectivity index (χ0n) is 58.8. The van der Waals surface area contributed by atoms with Crippen LogP contribution in [0, 0.1) is 0 Å². The molecule has 0 aromatic heterocycles. The van der Waals surface area contributed by atoms with Crippen molar-refractivity contribution in [1.29, 1.82) is 0 Å². The monoisotopic (exact) mass is 1340 g/mol. The molecule has 0 saturated heterocycles. The van der Waals surface area contributed by atoms with Crippen molar-refractivity contribution in [2.24, 2.45) is 0 Å². The van der Waals surface area contributed by atoms with Crippen LogP contribution in [0.4, 0.5) is 0 Å². The summed E-state index contributed by atoms with van der Waals surface area (Å²) in [6, 6.07) is 0. The molecule has 5 atom stereocenters. The van der Waals surface area contributed by atoms with Crippen LogP contribution in [0.25, 0.3) is 0 Å². The van der Waals surface area contributed by atoms with E-state index in [0.29, 0.717) is 25.7 Å². The van der Waals surface area contributed by atoms with Crippen LogP contribution in [0.15, 0.2) is 0 Å². The maximum Gasteiger partial charge on any atom is 0.472 e. The molecule has 0 rings (SSSR count). The first-order valence-corrected chi connectivity index (χ1v) is 40.8. The van der Waals surface area contributed by atoms with Crippen molar-refractivity contribution < 1.29 is 80.2 Å². The second-order valence-electron chi connectivity index (χ2n) is 26.0. The van der Waals surface area contributed by atoms with Gasteiger partial charge in [0.05, 0.1) is 26.4 Å². The third-order valence-corrected chi connectivity index (χ3v) is 18.8. The molecule has 17 nitrogen and oxygen atoms in total. The molecule has 540 valence electrons. The van der Waals surface area contributed by atoms with E-state index in [1.54, 1.807) is 0 Å². The van der Waals surface area contributed by atoms with Gasteiger partial charge >= 0.3 is 39.5 Å². The molecule has 3 N–H and O–H groups in total. The molecule has 0 aromatic carbocycles. The van der Waals surface area contributed by atoms with Gasteiger partial charge < -0.3 is 33.8 Å². The summed E-state index contributed by atoms with van der Waals surface area (Å²) in [6.45, 7) is 4.90. The van der Waals surface area contributed by atoms with Gasteiger partial charge in [-0.1, -0.05) is 329 Å². The van der Waals surface area contributed by atoms with Crippen molar-refractivity contribution in [2.45, 2.75) is 399 Å². The number of ether oxygens (including phenoxy) is 4. The van der Waals surface area contributed by atoms with Gasteiger partial charge in [-0.15, -0.1) is 0 Å². The van der Waals surface area contributed by atoms with Crippen molar-refractivity contribution in [3.63, 3.8) is 0 Å². The Labute approximate surface area is 556 Å². The minimum Gasteiger partial charge on any atom is -0.462 e. The third-order valence-electron chi connectivity index (χ3n) is 16.9. The van der Waals surface area contributed by atoms with Gasteiger partial charge in [0, 0.05) is 25.7 Å². The van der Waals surface area contributed by atoms with E-state index < -0.39 is 97.5 Å². The molecule has 0 aliphatic carbocycles. The zero-order valence-corrected chi connectivity index (χ0v) is 60.6. The summed E-state index contributed by atoms with van der Waals surface area (Å²) < 4.78 is 68.2. The summed E-state index contributed by atoms with van der Waals surface area (Å²) in [5.74, 6) is -2.12. The summed E-state index contributed by atoms with van der Waals surface area (Å²) in [5, 5.41) is 10.6. The lowest BCUT2D eigenvalue weighted by molar-refractivity contribution is -0.161. The second-order valence-corrected chi connectivity index (χ2v) is 28.9. The molecule has 0 aliphatic rings. The lowest BCUT2D eigenvalue weighted by Crippen LogP contribution is -2.30. The minimum absolute atomic E-state index is 0.107. The molecule has 0 spiro atoms. The average molecular weight is 1340 g/mol. The number of phosphoric acid groups is 2. The van der Waals surface area contributed by atoms with Crippen molar-refractivity contribution in [2.75, 3.05) is 39.6 Å². The molecule has 0 bridgehead atoms. The van der Waals surface area contributed by atoms with Gasteiger partial charge in [-0.3, -0.25) is 37.3 Å². The van der Waals surface area contributed by atoms with Crippen molar-refractivity contribution in [1.82, 2.24) is 0 Å². The van der Waals surface area contributed by atoms with Crippen LogP contribution >= 0.6 is 15.6 Å². The van der Waals surface area contributed by atoms with Crippen LogP contribution in [0.5, 0.6) is 0 Å². The van der Waals surface area contributed by atoms with Gasteiger partial charge in [0.1, 0.15) is 19.3 Å². The lowest BCUT2D eigenvalue weighted by atomic mass is 10.0. The number of carbonyl (C=O) groups excluding carboxylic acids is 4. The molecular formula is C72H140O17P2. The number of aliphatic hydroxyl groups excluding tert-OH is 1. The lowest BCUT2D eigenvalue weighted by Gasteiger charge is -2.21. The Morgan fingerprint density at radius 2 is 0.440 bits per heavy atom. The molecular weight excluding hydrogens is 1200 g/mol. The highest BCUT2D eigenvalue weighted by molar-refractivity contribution is 7.47. The number of hydrogen-bond donors (Lipinski definition) is 3. The molecule has 0 aliphatic heterocycles. The summed E-state index contributed by atoms with van der Waals surface area (Å²) in [6.07, 6.45) is 55.7. The van der Waals surface area contributed by atoms with Crippen LogP contribution < -0.4 is 0 Å². The van der Waals surface area contributed by atoms with Crippen LogP contribution in [0.2, 0.25) is 0 Å². The molecule has 0 saturated carbocycles. The van der Waals surface area contributed by atoms with Gasteiger partial charge in [0.2, 0.25) is 0 Å². The number of carbonyl (C=O) groups is 4. The number of aliphatic hydroxyl groups is 1. The third kappa shape index (κ3) is 66.5. The van der Waals surface area contributed by atoms with Crippen molar-refractivity contribution in [3.05, 3.63) is 0 Å². The number of phosphoric ester groups is 2. The zero-order chi connectivity index (χ0) is 66.8. The Morgan fingerprint density at radius 3 is 0.648 bits per heavy atom. The fraction of sp³-hybridized carbons (Fsp3) is 0.944. The number of rotatable bonds is 73. The molecule has 19 heteroatoms. The normalized spacial score (nSPS) is 14.0. The Kier molecular flexibility index (Phi) is 65.2. The standard InChI is InChI=1S/C72H140O17P2/c1-5-9-13-17-21-24-27-28-29-30-31-32-33-34-35-36-37-40-43-47-51-55-59-72(77)89-68(63-83-70(75)57-53-49-45-41-38-25-22-18-14-10-6-2)65-87-91(80,81)85-61-66(73)60-84-90(78,79)86-64-67(62-82-69(74)56-52-48-44-20-16-12-8-4)88-71(76)58-54-50-46-42-39-26-23-19-15-11-7-3/h66-68,73H,5-65H2,1-4H3,(H,78,79)(H,80,81)/t66-,67+,68+/m0/s1. The Balaban J connectivity index is 5.10. The second kappa shape index (κ2) is 66.7. The molecule has 0 amide bonds. The van der Waals surface area contributed by atoms with Gasteiger partial charge in [-0.2, -0.15) is 0 Å². The van der Waals surface area contributed by atoms with Crippen LogP contribution in [0.1, 0.15) is 381 Å². The fourth-order valence-electron chi connectivity index (χ4n) is 11.0. The number of unbranched alkanes of at least 4 members (excludes halogenated alkanes) is 47. The summed E-state index contributed by atoms with van der Waals surface area (Å²) in [4.78, 5) is 72.4. The van der Waals surface area contributed by atoms with E-state index in [9.17, 15) is 43.2 Å². The average Bonchev–Trinajstić information content (AvgIpc) is 3.62. The first kappa shape index (κ1) is 89.1. The quantitative estimate of drug-likeness (QED) is 0.0222. The summed E-state index contributed by atoms with van der Waals surface area (Å²) in [7, 11) is -9.89. The van der Waals surface area contributed by atoms with Crippen LogP contribution in [-0.4, -0.2) is 96.7 Å².